The van der Waals surface area contributed by atoms with Crippen molar-refractivity contribution < 1.29 is 18.1 Å². The normalized spacial score (nSPS) is 15.1. The number of amides is 1. The zero-order chi connectivity index (χ0) is 23.0. The van der Waals surface area contributed by atoms with Crippen LogP contribution in [0.1, 0.15) is 20.9 Å². The van der Waals surface area contributed by atoms with Gasteiger partial charge in [0.25, 0.3) is 11.6 Å². The largest absolute Gasteiger partial charge is 0.335 e. The van der Waals surface area contributed by atoms with Crippen LogP contribution in [0.25, 0.3) is 10.6 Å². The number of nitro benzene ring substituents is 1. The summed E-state index contributed by atoms with van der Waals surface area (Å²) in [6.07, 6.45) is 0. The number of piperazine rings is 1. The number of benzene rings is 1. The SMILES string of the molecule is Cc1ccc([N+](=O)[O-])cc1S(=O)(=O)N1CCN(C(=O)c2sc(-c3ccsc3)nc2C)CC1. The minimum Gasteiger partial charge on any atom is -0.335 e. The Morgan fingerprint density at radius 3 is 2.50 bits per heavy atom. The molecule has 168 valence electrons. The van der Waals surface area contributed by atoms with Gasteiger partial charge < -0.3 is 4.90 Å². The molecule has 1 aliphatic heterocycles. The van der Waals surface area contributed by atoms with Gasteiger partial charge in [0.15, 0.2) is 0 Å². The van der Waals surface area contributed by atoms with Crippen LogP contribution in [0.2, 0.25) is 0 Å². The summed E-state index contributed by atoms with van der Waals surface area (Å²) in [6, 6.07) is 5.76. The maximum Gasteiger partial charge on any atom is 0.270 e. The Bertz CT molecular complexity index is 1280. The predicted molar refractivity (Wildman–Crippen MR) is 123 cm³/mol. The quantitative estimate of drug-likeness (QED) is 0.398. The van der Waals surface area contributed by atoms with E-state index in [2.05, 4.69) is 4.98 Å². The molecule has 1 aliphatic rings. The minimum absolute atomic E-state index is 0.0785. The van der Waals surface area contributed by atoms with Crippen LogP contribution in [-0.4, -0.2) is 59.6 Å². The van der Waals surface area contributed by atoms with E-state index < -0.39 is 14.9 Å². The Labute approximate surface area is 193 Å². The van der Waals surface area contributed by atoms with E-state index in [-0.39, 0.29) is 42.7 Å². The van der Waals surface area contributed by atoms with E-state index in [1.807, 2.05) is 16.8 Å². The molecular weight excluding hydrogens is 472 g/mol. The average molecular weight is 493 g/mol. The molecule has 4 rings (SSSR count). The summed E-state index contributed by atoms with van der Waals surface area (Å²) < 4.78 is 27.5. The molecule has 2 aromatic heterocycles. The summed E-state index contributed by atoms with van der Waals surface area (Å²) in [7, 11) is -3.91. The molecule has 32 heavy (non-hydrogen) atoms. The third-order valence-corrected chi connectivity index (χ3v) is 9.20. The monoisotopic (exact) mass is 492 g/mol. The van der Waals surface area contributed by atoms with E-state index in [1.54, 1.807) is 30.1 Å². The fourth-order valence-corrected chi connectivity index (χ4v) is 6.91. The summed E-state index contributed by atoms with van der Waals surface area (Å²) in [6.45, 7) is 4.10. The second-order valence-electron chi connectivity index (χ2n) is 7.35. The standard InChI is InChI=1S/C20H20N4O5S3/c1-13-3-4-16(24(26)27)11-17(13)32(28,29)23-8-6-22(7-9-23)20(25)18-14(2)21-19(31-18)15-5-10-30-12-15/h3-5,10-12H,6-9H2,1-2H3. The molecule has 1 amide bonds. The van der Waals surface area contributed by atoms with Crippen molar-refractivity contribution in [2.24, 2.45) is 0 Å². The summed E-state index contributed by atoms with van der Waals surface area (Å²) in [5.41, 5.74) is 1.80. The molecule has 12 heteroatoms. The number of nitro groups is 1. The van der Waals surface area contributed by atoms with Crippen LogP contribution in [0.3, 0.4) is 0 Å². The smallest absolute Gasteiger partial charge is 0.270 e. The number of nitrogens with zero attached hydrogens (tertiary/aromatic N) is 4. The molecule has 3 heterocycles. The first-order valence-electron chi connectivity index (χ1n) is 9.73. The topological polar surface area (TPSA) is 114 Å². The number of non-ortho nitro benzene ring substituents is 1. The first-order valence-corrected chi connectivity index (χ1v) is 12.9. The first-order chi connectivity index (χ1) is 15.2. The lowest BCUT2D eigenvalue weighted by Gasteiger charge is -2.34. The minimum atomic E-state index is -3.91. The van der Waals surface area contributed by atoms with E-state index in [0.29, 0.717) is 16.1 Å². The summed E-state index contributed by atoms with van der Waals surface area (Å²) in [4.78, 5) is 30.1. The van der Waals surface area contributed by atoms with Gasteiger partial charge in [0, 0.05) is 49.3 Å². The Kier molecular flexibility index (Phi) is 6.12. The second-order valence-corrected chi connectivity index (χ2v) is 11.0. The van der Waals surface area contributed by atoms with Crippen LogP contribution in [0.4, 0.5) is 5.69 Å². The van der Waals surface area contributed by atoms with Crippen LogP contribution >= 0.6 is 22.7 Å². The Morgan fingerprint density at radius 1 is 1.16 bits per heavy atom. The van der Waals surface area contributed by atoms with Crippen LogP contribution in [0.15, 0.2) is 39.9 Å². The number of thiazole rings is 1. The third-order valence-electron chi connectivity index (χ3n) is 5.29. The molecule has 3 aromatic rings. The number of hydrogen-bond acceptors (Lipinski definition) is 8. The molecule has 0 atom stereocenters. The van der Waals surface area contributed by atoms with Crippen molar-refractivity contribution in [2.75, 3.05) is 26.2 Å². The van der Waals surface area contributed by atoms with Crippen molar-refractivity contribution in [1.82, 2.24) is 14.2 Å². The summed E-state index contributed by atoms with van der Waals surface area (Å²) >= 11 is 2.90. The van der Waals surface area contributed by atoms with Gasteiger partial charge in [0.2, 0.25) is 10.0 Å². The van der Waals surface area contributed by atoms with Gasteiger partial charge in [-0.25, -0.2) is 13.4 Å². The van der Waals surface area contributed by atoms with Gasteiger partial charge >= 0.3 is 0 Å². The molecule has 1 aromatic carbocycles. The fraction of sp³-hybridized carbons (Fsp3) is 0.300. The second kappa shape index (κ2) is 8.70. The van der Waals surface area contributed by atoms with Crippen molar-refractivity contribution in [1.29, 1.82) is 0 Å². The van der Waals surface area contributed by atoms with E-state index >= 15 is 0 Å². The summed E-state index contributed by atoms with van der Waals surface area (Å²) in [5, 5.41) is 15.8. The van der Waals surface area contributed by atoms with E-state index in [9.17, 15) is 23.3 Å². The number of aromatic nitrogens is 1. The molecule has 0 bridgehead atoms. The van der Waals surface area contributed by atoms with E-state index in [1.165, 1.54) is 27.8 Å². The number of carbonyl (C=O) groups is 1. The highest BCUT2D eigenvalue weighted by Crippen LogP contribution is 2.31. The highest BCUT2D eigenvalue weighted by Gasteiger charge is 2.33. The molecule has 0 saturated carbocycles. The van der Waals surface area contributed by atoms with Crippen LogP contribution < -0.4 is 0 Å². The van der Waals surface area contributed by atoms with Gasteiger partial charge in [-0.15, -0.1) is 11.3 Å². The number of aryl methyl sites for hydroxylation is 2. The molecule has 0 spiro atoms. The number of thiophene rings is 1. The van der Waals surface area contributed by atoms with Crippen LogP contribution in [0.5, 0.6) is 0 Å². The van der Waals surface area contributed by atoms with E-state index in [4.69, 9.17) is 0 Å². The average Bonchev–Trinajstić information content (AvgIpc) is 3.43. The van der Waals surface area contributed by atoms with Crippen molar-refractivity contribution in [2.45, 2.75) is 18.7 Å². The lowest BCUT2D eigenvalue weighted by molar-refractivity contribution is -0.385. The van der Waals surface area contributed by atoms with Crippen LogP contribution in [-0.2, 0) is 10.0 Å². The highest BCUT2D eigenvalue weighted by atomic mass is 32.2. The predicted octanol–water partition coefficient (Wildman–Crippen LogP) is 3.54. The molecule has 0 N–H and O–H groups in total. The number of hydrogen-bond donors (Lipinski definition) is 0. The van der Waals surface area contributed by atoms with Gasteiger partial charge in [-0.05, 0) is 30.9 Å². The maximum atomic E-state index is 13.1. The van der Waals surface area contributed by atoms with E-state index in [0.717, 1.165) is 16.6 Å². The lowest BCUT2D eigenvalue weighted by Crippen LogP contribution is -2.50. The zero-order valence-electron chi connectivity index (χ0n) is 17.3. The molecule has 1 fully saturated rings. The third kappa shape index (κ3) is 4.18. The van der Waals surface area contributed by atoms with Crippen LogP contribution in [0, 0.1) is 24.0 Å². The number of carbonyl (C=O) groups excluding carboxylic acids is 1. The lowest BCUT2D eigenvalue weighted by atomic mass is 10.2. The number of sulfonamides is 1. The molecule has 0 radical (unpaired) electrons. The zero-order valence-corrected chi connectivity index (χ0v) is 19.8. The molecule has 9 nitrogen and oxygen atoms in total. The van der Waals surface area contributed by atoms with Crippen molar-refractivity contribution in [3.63, 3.8) is 0 Å². The van der Waals surface area contributed by atoms with Gasteiger partial charge in [-0.1, -0.05) is 6.07 Å². The fourth-order valence-electron chi connectivity index (χ4n) is 3.50. The van der Waals surface area contributed by atoms with Crippen molar-refractivity contribution >= 4 is 44.3 Å². The van der Waals surface area contributed by atoms with Gasteiger partial charge in [-0.2, -0.15) is 15.6 Å². The first kappa shape index (κ1) is 22.5. The summed E-state index contributed by atoms with van der Waals surface area (Å²) in [5.74, 6) is -0.162. The Balaban J connectivity index is 1.49. The van der Waals surface area contributed by atoms with Gasteiger partial charge in [0.05, 0.1) is 15.5 Å². The number of rotatable bonds is 5. The van der Waals surface area contributed by atoms with Crippen molar-refractivity contribution in [3.8, 4) is 10.6 Å². The molecule has 0 unspecified atom stereocenters. The molecule has 0 aliphatic carbocycles. The highest BCUT2D eigenvalue weighted by molar-refractivity contribution is 7.89. The molecule has 1 saturated heterocycles. The maximum absolute atomic E-state index is 13.1. The van der Waals surface area contributed by atoms with Gasteiger partial charge in [0.1, 0.15) is 9.88 Å². The van der Waals surface area contributed by atoms with Gasteiger partial charge in [-0.3, -0.25) is 14.9 Å². The van der Waals surface area contributed by atoms with Crippen molar-refractivity contribution in [3.05, 3.63) is 61.3 Å². The Morgan fingerprint density at radius 2 is 1.88 bits per heavy atom. The molecular formula is C20H20N4O5S3. The Hall–Kier alpha value is -2.67.